The normalized spacial score (nSPS) is 15.3. The summed E-state index contributed by atoms with van der Waals surface area (Å²) in [5.41, 5.74) is 1.44. The van der Waals surface area contributed by atoms with Gasteiger partial charge in [0.15, 0.2) is 5.75 Å². The average Bonchev–Trinajstić information content (AvgIpc) is 3.11. The summed E-state index contributed by atoms with van der Waals surface area (Å²) in [5.74, 6) is -2.32. The largest absolute Gasteiger partial charge is 0.496 e. The van der Waals surface area contributed by atoms with Gasteiger partial charge in [-0.1, -0.05) is 17.7 Å². The standard InChI is InChI=1S/C33H37ClN4O7/c1-8-38(9-2)28(39)16-25-33(42)35-23-15-24(36-32(41)22-14-26(43-6)19(5)30(44-7)29(22)34)27(13-21(23)31(40)37-25)45-20-11-17(3)10-18(4)12-20/h10-15,25H,8-9,16H2,1-7H3,(H,35,42)(H,36,41)(H,37,40)/t25-/m0/s1/i5D3. The first-order chi connectivity index (χ1) is 22.6. The maximum atomic E-state index is 13.8. The number of methoxy groups -OCH3 is 2. The second kappa shape index (κ2) is 13.9. The van der Waals surface area contributed by atoms with E-state index in [1.807, 2.05) is 33.8 Å². The van der Waals surface area contributed by atoms with E-state index in [0.717, 1.165) is 11.1 Å². The molecule has 0 radical (unpaired) electrons. The number of anilines is 2. The summed E-state index contributed by atoms with van der Waals surface area (Å²) in [7, 11) is 2.47. The smallest absolute Gasteiger partial charge is 0.257 e. The van der Waals surface area contributed by atoms with Crippen LogP contribution in [-0.4, -0.2) is 61.9 Å². The number of halogens is 1. The van der Waals surface area contributed by atoms with Crippen LogP contribution in [0.2, 0.25) is 5.02 Å². The molecule has 0 unspecified atom stereocenters. The first kappa shape index (κ1) is 29.0. The van der Waals surface area contributed by atoms with Gasteiger partial charge in [-0.2, -0.15) is 0 Å². The Morgan fingerprint density at radius 3 is 2.29 bits per heavy atom. The van der Waals surface area contributed by atoms with Gasteiger partial charge >= 0.3 is 0 Å². The zero-order valence-corrected chi connectivity index (χ0v) is 26.6. The predicted octanol–water partition coefficient (Wildman–Crippen LogP) is 5.64. The lowest BCUT2D eigenvalue weighted by molar-refractivity contribution is -0.133. The van der Waals surface area contributed by atoms with Crippen molar-refractivity contribution in [1.29, 1.82) is 0 Å². The van der Waals surface area contributed by atoms with Crippen LogP contribution < -0.4 is 30.2 Å². The van der Waals surface area contributed by atoms with E-state index in [9.17, 15) is 19.2 Å². The Morgan fingerprint density at radius 2 is 1.69 bits per heavy atom. The highest BCUT2D eigenvalue weighted by Crippen LogP contribution is 2.40. The third kappa shape index (κ3) is 7.15. The van der Waals surface area contributed by atoms with Gasteiger partial charge in [0.05, 0.1) is 48.2 Å². The van der Waals surface area contributed by atoms with Crippen molar-refractivity contribution in [3.8, 4) is 23.0 Å². The minimum Gasteiger partial charge on any atom is -0.496 e. The van der Waals surface area contributed by atoms with E-state index in [4.69, 9.17) is 29.9 Å². The van der Waals surface area contributed by atoms with Crippen molar-refractivity contribution in [2.24, 2.45) is 0 Å². The molecular formula is C33H37ClN4O7. The number of fused-ring (bicyclic) bond motifs is 1. The number of amides is 4. The van der Waals surface area contributed by atoms with Gasteiger partial charge < -0.3 is 35.1 Å². The molecule has 0 spiro atoms. The molecule has 1 aliphatic rings. The topological polar surface area (TPSA) is 135 Å². The Hall–Kier alpha value is -4.77. The van der Waals surface area contributed by atoms with Gasteiger partial charge in [0.2, 0.25) is 11.8 Å². The van der Waals surface area contributed by atoms with Crippen molar-refractivity contribution in [1.82, 2.24) is 10.2 Å². The minimum atomic E-state index is -2.67. The zero-order valence-electron chi connectivity index (χ0n) is 28.8. The first-order valence-corrected chi connectivity index (χ1v) is 14.6. The van der Waals surface area contributed by atoms with Crippen LogP contribution in [0.5, 0.6) is 23.0 Å². The fourth-order valence-electron chi connectivity index (χ4n) is 5.04. The number of nitrogens with one attached hydrogen (secondary N) is 3. The van der Waals surface area contributed by atoms with Crippen LogP contribution in [0.15, 0.2) is 36.4 Å². The van der Waals surface area contributed by atoms with Gasteiger partial charge in [0.1, 0.15) is 23.3 Å². The van der Waals surface area contributed by atoms with E-state index < -0.39 is 30.6 Å². The lowest BCUT2D eigenvalue weighted by Gasteiger charge is -2.21. The fraction of sp³-hybridized carbons (Fsp3) is 0.333. The Kier molecular flexibility index (Phi) is 8.95. The number of nitrogens with zero attached hydrogens (tertiary/aromatic N) is 1. The van der Waals surface area contributed by atoms with E-state index in [1.165, 1.54) is 32.4 Å². The summed E-state index contributed by atoms with van der Waals surface area (Å²) < 4.78 is 40.5. The van der Waals surface area contributed by atoms with Crippen LogP contribution in [-0.2, 0) is 9.59 Å². The Morgan fingerprint density at radius 1 is 1.00 bits per heavy atom. The highest BCUT2D eigenvalue weighted by Gasteiger charge is 2.32. The van der Waals surface area contributed by atoms with E-state index in [-0.39, 0.29) is 62.7 Å². The van der Waals surface area contributed by atoms with Crippen molar-refractivity contribution in [3.63, 3.8) is 0 Å². The van der Waals surface area contributed by atoms with E-state index >= 15 is 0 Å². The number of hydrogen-bond donors (Lipinski definition) is 3. The second-order valence-corrected chi connectivity index (χ2v) is 10.8. The molecule has 3 aromatic rings. The van der Waals surface area contributed by atoms with Crippen LogP contribution >= 0.6 is 11.6 Å². The maximum absolute atomic E-state index is 13.8. The lowest BCUT2D eigenvalue weighted by Crippen LogP contribution is -2.45. The molecule has 0 aromatic heterocycles. The minimum absolute atomic E-state index is 0.0295. The molecule has 0 saturated heterocycles. The third-order valence-electron chi connectivity index (χ3n) is 7.26. The molecule has 1 heterocycles. The van der Waals surface area contributed by atoms with Crippen LogP contribution in [0.3, 0.4) is 0 Å². The SMILES string of the molecule is [2H]C([2H])([2H])c1c(OC)cc(C(=O)Nc2cc3c(cc2Oc2cc(C)cc(C)c2)C(=O)N[C@@H](CC(=O)N(CC)CC)C(=O)N3)c(Cl)c1OC. The van der Waals surface area contributed by atoms with Crippen LogP contribution in [0.4, 0.5) is 11.4 Å². The highest BCUT2D eigenvalue weighted by molar-refractivity contribution is 6.36. The monoisotopic (exact) mass is 639 g/mol. The molecule has 4 amide bonds. The van der Waals surface area contributed by atoms with Crippen molar-refractivity contribution < 1.29 is 37.5 Å². The molecule has 0 saturated carbocycles. The molecule has 0 aliphatic carbocycles. The molecular weight excluding hydrogens is 600 g/mol. The number of carbonyl (C=O) groups is 4. The number of aryl methyl sites for hydroxylation is 2. The summed E-state index contributed by atoms with van der Waals surface area (Å²) >= 11 is 6.53. The van der Waals surface area contributed by atoms with Gasteiger partial charge in [-0.15, -0.1) is 0 Å². The summed E-state index contributed by atoms with van der Waals surface area (Å²) in [4.78, 5) is 54.9. The van der Waals surface area contributed by atoms with Gasteiger partial charge in [0.25, 0.3) is 11.8 Å². The van der Waals surface area contributed by atoms with Gasteiger partial charge in [-0.25, -0.2) is 0 Å². The first-order valence-electron chi connectivity index (χ1n) is 15.7. The third-order valence-corrected chi connectivity index (χ3v) is 7.64. The molecule has 12 heteroatoms. The number of rotatable bonds is 10. The van der Waals surface area contributed by atoms with E-state index in [1.54, 1.807) is 17.0 Å². The molecule has 0 fully saturated rings. The Bertz CT molecular complexity index is 1760. The molecule has 4 rings (SSSR count). The van der Waals surface area contributed by atoms with Gasteiger partial charge in [0, 0.05) is 22.8 Å². The van der Waals surface area contributed by atoms with Crippen LogP contribution in [0.1, 0.15) is 61.8 Å². The molecule has 0 bridgehead atoms. The second-order valence-electron chi connectivity index (χ2n) is 10.4. The van der Waals surface area contributed by atoms with Crippen molar-refractivity contribution in [2.45, 2.75) is 47.0 Å². The quantitative estimate of drug-likeness (QED) is 0.261. The van der Waals surface area contributed by atoms with Gasteiger partial charge in [-0.05, 0) is 76.0 Å². The van der Waals surface area contributed by atoms with E-state index in [0.29, 0.717) is 18.8 Å². The Balaban J connectivity index is 1.80. The lowest BCUT2D eigenvalue weighted by atomic mass is 10.1. The average molecular weight is 640 g/mol. The molecule has 45 heavy (non-hydrogen) atoms. The zero-order chi connectivity index (χ0) is 35.5. The molecule has 3 N–H and O–H groups in total. The fourth-order valence-corrected chi connectivity index (χ4v) is 5.35. The van der Waals surface area contributed by atoms with E-state index in [2.05, 4.69) is 16.0 Å². The van der Waals surface area contributed by atoms with Crippen molar-refractivity contribution in [3.05, 3.63) is 69.2 Å². The maximum Gasteiger partial charge on any atom is 0.257 e. The van der Waals surface area contributed by atoms with Crippen LogP contribution in [0, 0.1) is 20.7 Å². The Labute approximate surface area is 271 Å². The summed E-state index contributed by atoms with van der Waals surface area (Å²) in [6.07, 6.45) is -0.253. The summed E-state index contributed by atoms with van der Waals surface area (Å²) in [6, 6.07) is 8.23. The number of ether oxygens (including phenoxy) is 3. The highest BCUT2D eigenvalue weighted by atomic mass is 35.5. The number of carbonyl (C=O) groups excluding carboxylic acids is 4. The van der Waals surface area contributed by atoms with Crippen molar-refractivity contribution in [2.75, 3.05) is 37.9 Å². The molecule has 238 valence electrons. The van der Waals surface area contributed by atoms with Crippen LogP contribution in [0.25, 0.3) is 0 Å². The molecule has 3 aromatic carbocycles. The molecule has 1 atom stereocenters. The molecule has 1 aliphatic heterocycles. The van der Waals surface area contributed by atoms with Crippen molar-refractivity contribution >= 4 is 46.6 Å². The van der Waals surface area contributed by atoms with Gasteiger partial charge in [-0.3, -0.25) is 19.2 Å². The summed E-state index contributed by atoms with van der Waals surface area (Å²) in [6.45, 7) is 5.61. The molecule has 11 nitrogen and oxygen atoms in total. The number of hydrogen-bond acceptors (Lipinski definition) is 7. The predicted molar refractivity (Wildman–Crippen MR) is 172 cm³/mol. The number of benzene rings is 3. The summed E-state index contributed by atoms with van der Waals surface area (Å²) in [5, 5.41) is 7.75.